The lowest BCUT2D eigenvalue weighted by Crippen LogP contribution is -2.32. The molecule has 1 rings (SSSR count). The number of nitrogens with one attached hydrogen (secondary N) is 1. The van der Waals surface area contributed by atoms with Crippen molar-refractivity contribution in [1.82, 2.24) is 9.97 Å². The van der Waals surface area contributed by atoms with E-state index in [4.69, 9.17) is 5.11 Å². The Kier molecular flexibility index (Phi) is 4.28. The van der Waals surface area contributed by atoms with Crippen LogP contribution >= 0.6 is 15.9 Å². The van der Waals surface area contributed by atoms with Crippen LogP contribution in [-0.2, 0) is 0 Å². The van der Waals surface area contributed by atoms with Crippen molar-refractivity contribution in [3.63, 3.8) is 0 Å². The minimum atomic E-state index is 0.0147. The van der Waals surface area contributed by atoms with E-state index in [0.29, 0.717) is 5.95 Å². The second kappa shape index (κ2) is 5.27. The van der Waals surface area contributed by atoms with Gasteiger partial charge in [-0.05, 0) is 22.9 Å². The molecule has 0 radical (unpaired) electrons. The molecule has 0 aliphatic rings. The molecule has 1 aromatic rings. The summed E-state index contributed by atoms with van der Waals surface area (Å²) in [5.41, 5.74) is 0. The minimum absolute atomic E-state index is 0.0147. The fourth-order valence-corrected chi connectivity index (χ4v) is 1.53. The van der Waals surface area contributed by atoms with E-state index in [1.807, 2.05) is 18.9 Å². The van der Waals surface area contributed by atoms with Crippen LogP contribution in [0.1, 0.15) is 6.92 Å². The highest BCUT2D eigenvalue weighted by Crippen LogP contribution is 2.24. The van der Waals surface area contributed by atoms with Crippen LogP contribution in [0.3, 0.4) is 0 Å². The summed E-state index contributed by atoms with van der Waals surface area (Å²) < 4.78 is 0.810. The molecule has 0 aliphatic carbocycles. The number of likely N-dealkylation sites (N-methyl/N-ethyl adjacent to an activating group) is 1. The molecule has 0 aliphatic heterocycles. The highest BCUT2D eigenvalue weighted by atomic mass is 79.9. The number of nitrogens with zero attached hydrogens (tertiary/aromatic N) is 3. The molecule has 5 nitrogen and oxygen atoms in total. The molecule has 0 aromatic carbocycles. The lowest BCUT2D eigenvalue weighted by molar-refractivity contribution is 0.269. The Morgan fingerprint density at radius 3 is 2.87 bits per heavy atom. The van der Waals surface area contributed by atoms with Gasteiger partial charge in [0.05, 0.1) is 17.1 Å². The molecule has 1 unspecified atom stereocenters. The molecule has 6 heteroatoms. The van der Waals surface area contributed by atoms with Crippen LogP contribution < -0.4 is 10.2 Å². The number of hydrogen-bond donors (Lipinski definition) is 2. The van der Waals surface area contributed by atoms with Gasteiger partial charge in [-0.25, -0.2) is 4.98 Å². The number of halogens is 1. The summed E-state index contributed by atoms with van der Waals surface area (Å²) >= 11 is 3.38. The topological polar surface area (TPSA) is 61.3 Å². The van der Waals surface area contributed by atoms with Gasteiger partial charge in [-0.1, -0.05) is 0 Å². The first-order valence-electron chi connectivity index (χ1n) is 4.64. The molecule has 0 spiro atoms. The van der Waals surface area contributed by atoms with Crippen LogP contribution in [0.25, 0.3) is 0 Å². The predicted molar refractivity (Wildman–Crippen MR) is 64.2 cm³/mol. The van der Waals surface area contributed by atoms with Crippen molar-refractivity contribution in [2.24, 2.45) is 0 Å². The molecule has 1 aromatic heterocycles. The Labute approximate surface area is 97.7 Å². The number of anilines is 2. The molecule has 1 atom stereocenters. The fraction of sp³-hybridized carbons (Fsp3) is 0.556. The molecule has 0 bridgehead atoms. The van der Waals surface area contributed by atoms with Gasteiger partial charge in [0, 0.05) is 20.3 Å². The SMILES string of the molecule is CNc1ncc(Br)c(N(C)C(C)CO)n1. The highest BCUT2D eigenvalue weighted by molar-refractivity contribution is 9.10. The molecule has 1 heterocycles. The first-order valence-corrected chi connectivity index (χ1v) is 5.43. The van der Waals surface area contributed by atoms with Gasteiger partial charge in [0.15, 0.2) is 0 Å². The fourth-order valence-electron chi connectivity index (χ4n) is 1.06. The number of aliphatic hydroxyl groups excluding tert-OH is 1. The van der Waals surface area contributed by atoms with E-state index in [2.05, 4.69) is 31.2 Å². The lowest BCUT2D eigenvalue weighted by atomic mass is 10.3. The van der Waals surface area contributed by atoms with Gasteiger partial charge in [0.25, 0.3) is 0 Å². The van der Waals surface area contributed by atoms with E-state index in [9.17, 15) is 0 Å². The molecular formula is C9H15BrN4O. The largest absolute Gasteiger partial charge is 0.394 e. The van der Waals surface area contributed by atoms with Crippen LogP contribution in [0.15, 0.2) is 10.7 Å². The quantitative estimate of drug-likeness (QED) is 0.861. The van der Waals surface area contributed by atoms with Gasteiger partial charge in [-0.15, -0.1) is 0 Å². The Hall–Kier alpha value is -0.880. The van der Waals surface area contributed by atoms with E-state index >= 15 is 0 Å². The van der Waals surface area contributed by atoms with Crippen LogP contribution in [0.5, 0.6) is 0 Å². The predicted octanol–water partition coefficient (Wildman–Crippen LogP) is 1.10. The molecule has 84 valence electrons. The lowest BCUT2D eigenvalue weighted by Gasteiger charge is -2.25. The van der Waals surface area contributed by atoms with Crippen molar-refractivity contribution in [2.45, 2.75) is 13.0 Å². The zero-order valence-corrected chi connectivity index (χ0v) is 10.6. The number of rotatable bonds is 4. The van der Waals surface area contributed by atoms with Crippen molar-refractivity contribution >= 4 is 27.7 Å². The van der Waals surface area contributed by atoms with E-state index in [0.717, 1.165) is 10.3 Å². The first-order chi connectivity index (χ1) is 7.10. The van der Waals surface area contributed by atoms with Crippen molar-refractivity contribution < 1.29 is 5.11 Å². The Balaban J connectivity index is 3.01. The van der Waals surface area contributed by atoms with Crippen molar-refractivity contribution in [1.29, 1.82) is 0 Å². The summed E-state index contributed by atoms with van der Waals surface area (Å²) in [5.74, 6) is 1.32. The van der Waals surface area contributed by atoms with Gasteiger partial charge < -0.3 is 15.3 Å². The molecule has 2 N–H and O–H groups in total. The van der Waals surface area contributed by atoms with Crippen LogP contribution in [0.4, 0.5) is 11.8 Å². The monoisotopic (exact) mass is 274 g/mol. The summed E-state index contributed by atoms with van der Waals surface area (Å²) in [5, 5.41) is 11.9. The van der Waals surface area contributed by atoms with Gasteiger partial charge in [-0.3, -0.25) is 0 Å². The van der Waals surface area contributed by atoms with E-state index in [-0.39, 0.29) is 12.6 Å². The molecule has 0 amide bonds. The molecule has 0 fully saturated rings. The van der Waals surface area contributed by atoms with Crippen molar-refractivity contribution in [2.75, 3.05) is 30.9 Å². The summed E-state index contributed by atoms with van der Waals surface area (Å²) in [6.07, 6.45) is 1.69. The zero-order chi connectivity index (χ0) is 11.4. The van der Waals surface area contributed by atoms with Gasteiger partial charge in [-0.2, -0.15) is 4.98 Å². The average Bonchev–Trinajstić information content (AvgIpc) is 2.27. The summed E-state index contributed by atoms with van der Waals surface area (Å²) in [7, 11) is 3.65. The second-order valence-electron chi connectivity index (χ2n) is 3.26. The van der Waals surface area contributed by atoms with E-state index < -0.39 is 0 Å². The summed E-state index contributed by atoms with van der Waals surface area (Å²) in [4.78, 5) is 10.3. The molecule has 0 saturated carbocycles. The zero-order valence-electron chi connectivity index (χ0n) is 9.03. The average molecular weight is 275 g/mol. The van der Waals surface area contributed by atoms with Crippen LogP contribution in [-0.4, -0.2) is 41.8 Å². The second-order valence-corrected chi connectivity index (χ2v) is 4.11. The smallest absolute Gasteiger partial charge is 0.224 e. The third kappa shape index (κ3) is 2.79. The Bertz CT molecular complexity index is 334. The normalized spacial score (nSPS) is 12.3. The molecular weight excluding hydrogens is 260 g/mol. The maximum atomic E-state index is 9.07. The number of hydrogen-bond acceptors (Lipinski definition) is 5. The maximum Gasteiger partial charge on any atom is 0.224 e. The third-order valence-electron chi connectivity index (χ3n) is 2.21. The maximum absolute atomic E-state index is 9.07. The number of aliphatic hydroxyl groups is 1. The molecule has 0 saturated heterocycles. The molecule has 15 heavy (non-hydrogen) atoms. The van der Waals surface area contributed by atoms with E-state index in [1.165, 1.54) is 0 Å². The summed E-state index contributed by atoms with van der Waals surface area (Å²) in [6.45, 7) is 2.01. The standard InChI is InChI=1S/C9H15BrN4O/c1-6(5-15)14(3)8-7(10)4-12-9(11-2)13-8/h4,6,15H,5H2,1-3H3,(H,11,12,13). The third-order valence-corrected chi connectivity index (χ3v) is 2.77. The first kappa shape index (κ1) is 12.2. The Morgan fingerprint density at radius 2 is 2.33 bits per heavy atom. The van der Waals surface area contributed by atoms with Crippen LogP contribution in [0, 0.1) is 0 Å². The van der Waals surface area contributed by atoms with Crippen LogP contribution in [0.2, 0.25) is 0 Å². The highest BCUT2D eigenvalue weighted by Gasteiger charge is 2.14. The number of aromatic nitrogens is 2. The van der Waals surface area contributed by atoms with Gasteiger partial charge in [0.2, 0.25) is 5.95 Å². The van der Waals surface area contributed by atoms with Crippen molar-refractivity contribution in [3.05, 3.63) is 10.7 Å². The van der Waals surface area contributed by atoms with Crippen molar-refractivity contribution in [3.8, 4) is 0 Å². The van der Waals surface area contributed by atoms with Gasteiger partial charge >= 0.3 is 0 Å². The van der Waals surface area contributed by atoms with E-state index in [1.54, 1.807) is 13.2 Å². The Morgan fingerprint density at radius 1 is 1.67 bits per heavy atom. The van der Waals surface area contributed by atoms with Gasteiger partial charge in [0.1, 0.15) is 5.82 Å². The minimum Gasteiger partial charge on any atom is -0.394 e. The summed E-state index contributed by atoms with van der Waals surface area (Å²) in [6, 6.07) is 0.0147.